The van der Waals surface area contributed by atoms with Crippen LogP contribution in [0, 0.1) is 5.41 Å². The first-order valence-electron chi connectivity index (χ1n) is 11.4. The minimum atomic E-state index is -1.08. The van der Waals surface area contributed by atoms with Crippen molar-refractivity contribution in [2.24, 2.45) is 5.41 Å². The summed E-state index contributed by atoms with van der Waals surface area (Å²) in [5.41, 5.74) is 3.48. The summed E-state index contributed by atoms with van der Waals surface area (Å²) < 4.78 is 5.52. The van der Waals surface area contributed by atoms with E-state index in [9.17, 15) is 19.5 Å². The predicted octanol–water partition coefficient (Wildman–Crippen LogP) is 4.67. The van der Waals surface area contributed by atoms with Crippen LogP contribution in [0.15, 0.2) is 66.7 Å². The zero-order chi connectivity index (χ0) is 25.0. The Hall–Kier alpha value is -4.20. The van der Waals surface area contributed by atoms with E-state index in [1.807, 2.05) is 36.4 Å². The van der Waals surface area contributed by atoms with Gasteiger partial charge in [0.15, 0.2) is 0 Å². The number of carboxylic acid groups (broad SMARTS) is 1. The Morgan fingerprint density at radius 1 is 0.971 bits per heavy atom. The lowest BCUT2D eigenvalue weighted by atomic mass is 9.88. The summed E-state index contributed by atoms with van der Waals surface area (Å²) in [5.74, 6) is -1.42. The third-order valence-corrected chi connectivity index (χ3v) is 6.49. The average Bonchev–Trinajstić information content (AvgIpc) is 3.19. The number of nitrogens with one attached hydrogen (secondary N) is 2. The standard InChI is InChI=1S/C27H27N3O5/c1-3-27(2,25(32)33)16-28-24(31)22-13-8-14-23(29-22)30-26(34)35-15-21-19-11-6-4-9-17(19)18-10-5-7-12-20(18)21/h4-14,21H,3,15-16H2,1-2H3,(H,28,31)(H,32,33)(H,29,30,34). The number of hydrogen-bond acceptors (Lipinski definition) is 5. The molecule has 3 aromatic rings. The van der Waals surface area contributed by atoms with E-state index in [1.54, 1.807) is 26.0 Å². The van der Waals surface area contributed by atoms with Crippen LogP contribution < -0.4 is 10.6 Å². The van der Waals surface area contributed by atoms with Crippen molar-refractivity contribution in [1.82, 2.24) is 10.3 Å². The zero-order valence-corrected chi connectivity index (χ0v) is 19.6. The molecule has 0 saturated carbocycles. The van der Waals surface area contributed by atoms with Crippen molar-refractivity contribution < 1.29 is 24.2 Å². The summed E-state index contributed by atoms with van der Waals surface area (Å²) in [6.45, 7) is 3.43. The molecule has 2 aromatic carbocycles. The Bertz CT molecular complexity index is 1230. The molecule has 0 aliphatic heterocycles. The van der Waals surface area contributed by atoms with Crippen LogP contribution in [0.1, 0.15) is 47.8 Å². The van der Waals surface area contributed by atoms with Gasteiger partial charge in [0, 0.05) is 12.5 Å². The van der Waals surface area contributed by atoms with Crippen molar-refractivity contribution in [2.45, 2.75) is 26.2 Å². The van der Waals surface area contributed by atoms with Crippen LogP contribution in [0.5, 0.6) is 0 Å². The molecule has 1 aliphatic carbocycles. The third kappa shape index (κ3) is 5.01. The Balaban J connectivity index is 1.38. The Kier molecular flexibility index (Phi) is 6.82. The lowest BCUT2D eigenvalue weighted by molar-refractivity contribution is -0.147. The van der Waals surface area contributed by atoms with Gasteiger partial charge in [0.1, 0.15) is 18.1 Å². The highest BCUT2D eigenvalue weighted by molar-refractivity contribution is 5.93. The molecule has 0 radical (unpaired) electrons. The molecule has 0 fully saturated rings. The zero-order valence-electron chi connectivity index (χ0n) is 19.6. The molecule has 1 heterocycles. The fourth-order valence-electron chi connectivity index (χ4n) is 4.09. The lowest BCUT2D eigenvalue weighted by Crippen LogP contribution is -2.40. The van der Waals surface area contributed by atoms with Gasteiger partial charge in [-0.05, 0) is 47.7 Å². The van der Waals surface area contributed by atoms with Crippen molar-refractivity contribution in [1.29, 1.82) is 0 Å². The molecule has 3 N–H and O–H groups in total. The summed E-state index contributed by atoms with van der Waals surface area (Å²) >= 11 is 0. The topological polar surface area (TPSA) is 118 Å². The van der Waals surface area contributed by atoms with Gasteiger partial charge in [-0.2, -0.15) is 0 Å². The van der Waals surface area contributed by atoms with Crippen LogP contribution in [0.2, 0.25) is 0 Å². The van der Waals surface area contributed by atoms with Gasteiger partial charge in [-0.3, -0.25) is 14.9 Å². The molecule has 0 bridgehead atoms. The molecule has 35 heavy (non-hydrogen) atoms. The van der Waals surface area contributed by atoms with Gasteiger partial charge in [-0.15, -0.1) is 0 Å². The van der Waals surface area contributed by atoms with E-state index in [0.29, 0.717) is 6.42 Å². The van der Waals surface area contributed by atoms with Crippen LogP contribution in [0.25, 0.3) is 11.1 Å². The van der Waals surface area contributed by atoms with Crippen LogP contribution in [-0.4, -0.2) is 41.2 Å². The molecular weight excluding hydrogens is 446 g/mol. The van der Waals surface area contributed by atoms with Gasteiger partial charge in [-0.25, -0.2) is 9.78 Å². The quantitative estimate of drug-likeness (QED) is 0.438. The Morgan fingerprint density at radius 2 is 1.60 bits per heavy atom. The van der Waals surface area contributed by atoms with E-state index in [2.05, 4.69) is 27.8 Å². The number of carboxylic acids is 1. The minimum absolute atomic E-state index is 0.0383. The number of carbonyl (C=O) groups excluding carboxylic acids is 2. The summed E-state index contributed by atoms with van der Waals surface area (Å²) in [6, 6.07) is 20.7. The summed E-state index contributed by atoms with van der Waals surface area (Å²) in [4.78, 5) is 40.6. The number of benzene rings is 2. The molecule has 2 amide bonds. The SMILES string of the molecule is CCC(C)(CNC(=O)c1cccc(NC(=O)OCC2c3ccccc3-c3ccccc32)n1)C(=O)O. The Labute approximate surface area is 203 Å². The van der Waals surface area contributed by atoms with E-state index in [0.717, 1.165) is 22.3 Å². The van der Waals surface area contributed by atoms with Gasteiger partial charge >= 0.3 is 12.1 Å². The fraction of sp³-hybridized carbons (Fsp3) is 0.259. The van der Waals surface area contributed by atoms with E-state index >= 15 is 0 Å². The van der Waals surface area contributed by atoms with Gasteiger partial charge < -0.3 is 15.2 Å². The van der Waals surface area contributed by atoms with Gasteiger partial charge in [0.25, 0.3) is 5.91 Å². The van der Waals surface area contributed by atoms with Gasteiger partial charge in [0.05, 0.1) is 5.41 Å². The molecule has 8 nitrogen and oxygen atoms in total. The predicted molar refractivity (Wildman–Crippen MR) is 131 cm³/mol. The molecule has 1 atom stereocenters. The maximum Gasteiger partial charge on any atom is 0.412 e. The number of anilines is 1. The van der Waals surface area contributed by atoms with Crippen LogP contribution in [0.4, 0.5) is 10.6 Å². The van der Waals surface area contributed by atoms with Crippen LogP contribution in [-0.2, 0) is 9.53 Å². The number of ether oxygens (including phenoxy) is 1. The second kappa shape index (κ2) is 9.97. The smallest absolute Gasteiger partial charge is 0.412 e. The normalized spacial score (nSPS) is 13.8. The maximum atomic E-state index is 12.5. The number of pyridine rings is 1. The molecule has 1 aromatic heterocycles. The van der Waals surface area contributed by atoms with E-state index in [-0.39, 0.29) is 30.6 Å². The number of aliphatic carboxylic acids is 1. The van der Waals surface area contributed by atoms with E-state index < -0.39 is 23.4 Å². The second-order valence-corrected chi connectivity index (χ2v) is 8.76. The number of rotatable bonds is 8. The highest BCUT2D eigenvalue weighted by atomic mass is 16.5. The first kappa shape index (κ1) is 23.9. The highest BCUT2D eigenvalue weighted by Gasteiger charge is 2.32. The number of fused-ring (bicyclic) bond motifs is 3. The lowest BCUT2D eigenvalue weighted by Gasteiger charge is -2.23. The van der Waals surface area contributed by atoms with Gasteiger partial charge in [-0.1, -0.05) is 61.5 Å². The number of aromatic nitrogens is 1. The van der Waals surface area contributed by atoms with Gasteiger partial charge in [0.2, 0.25) is 0 Å². The maximum absolute atomic E-state index is 12.5. The molecule has 4 rings (SSSR count). The molecule has 1 unspecified atom stereocenters. The Morgan fingerprint density at radius 3 is 2.20 bits per heavy atom. The monoisotopic (exact) mass is 473 g/mol. The van der Waals surface area contributed by atoms with Crippen LogP contribution >= 0.6 is 0 Å². The first-order chi connectivity index (χ1) is 16.8. The summed E-state index contributed by atoms with van der Waals surface area (Å²) in [6.07, 6.45) is -0.319. The largest absolute Gasteiger partial charge is 0.481 e. The van der Waals surface area contributed by atoms with E-state index in [4.69, 9.17) is 4.74 Å². The van der Waals surface area contributed by atoms with Crippen LogP contribution in [0.3, 0.4) is 0 Å². The molecule has 8 heteroatoms. The summed E-state index contributed by atoms with van der Waals surface area (Å²) in [7, 11) is 0. The molecule has 180 valence electrons. The average molecular weight is 474 g/mol. The van der Waals surface area contributed by atoms with Crippen molar-refractivity contribution in [3.63, 3.8) is 0 Å². The number of amides is 2. The van der Waals surface area contributed by atoms with Crippen molar-refractivity contribution >= 4 is 23.8 Å². The number of hydrogen-bond donors (Lipinski definition) is 3. The minimum Gasteiger partial charge on any atom is -0.481 e. The van der Waals surface area contributed by atoms with Crippen molar-refractivity contribution in [2.75, 3.05) is 18.5 Å². The third-order valence-electron chi connectivity index (χ3n) is 6.49. The summed E-state index contributed by atoms with van der Waals surface area (Å²) in [5, 5.41) is 14.5. The van der Waals surface area contributed by atoms with Crippen molar-refractivity contribution in [3.05, 3.63) is 83.6 Å². The molecular formula is C27H27N3O5. The highest BCUT2D eigenvalue weighted by Crippen LogP contribution is 2.44. The molecule has 1 aliphatic rings. The number of carbonyl (C=O) groups is 3. The molecule has 0 spiro atoms. The van der Waals surface area contributed by atoms with E-state index in [1.165, 1.54) is 6.07 Å². The molecule has 0 saturated heterocycles. The fourth-order valence-corrected chi connectivity index (χ4v) is 4.09. The second-order valence-electron chi connectivity index (χ2n) is 8.76. The number of nitrogens with zero attached hydrogens (tertiary/aromatic N) is 1. The van der Waals surface area contributed by atoms with Crippen molar-refractivity contribution in [3.8, 4) is 11.1 Å². The first-order valence-corrected chi connectivity index (χ1v) is 11.4.